The van der Waals surface area contributed by atoms with Crippen molar-refractivity contribution in [2.75, 3.05) is 24.7 Å². The van der Waals surface area contributed by atoms with Gasteiger partial charge in [0, 0.05) is 13.2 Å². The van der Waals surface area contributed by atoms with Crippen molar-refractivity contribution in [2.24, 2.45) is 0 Å². The van der Waals surface area contributed by atoms with Crippen LogP contribution in [0, 0.1) is 0 Å². The first-order valence-corrected chi connectivity index (χ1v) is 8.17. The van der Waals surface area contributed by atoms with Gasteiger partial charge in [-0.3, -0.25) is 0 Å². The van der Waals surface area contributed by atoms with Crippen LogP contribution in [0.15, 0.2) is 0 Å². The van der Waals surface area contributed by atoms with E-state index in [1.807, 2.05) is 4.90 Å². The minimum Gasteiger partial charge on any atom is -0.376 e. The van der Waals surface area contributed by atoms with E-state index in [0.717, 1.165) is 26.0 Å². The molecular formula is C10H16N2O3S2. The van der Waals surface area contributed by atoms with Gasteiger partial charge in [-0.1, -0.05) is 0 Å². The maximum absolute atomic E-state index is 11.6. The molecule has 0 amide bonds. The van der Waals surface area contributed by atoms with E-state index in [-0.39, 0.29) is 29.7 Å². The third-order valence-corrected chi connectivity index (χ3v) is 5.79. The summed E-state index contributed by atoms with van der Waals surface area (Å²) < 4.78 is 28.8. The second-order valence-electron chi connectivity index (χ2n) is 4.99. The van der Waals surface area contributed by atoms with Crippen molar-refractivity contribution in [3.05, 3.63) is 0 Å². The van der Waals surface area contributed by atoms with E-state index in [2.05, 4.69) is 5.32 Å². The lowest BCUT2D eigenvalue weighted by Crippen LogP contribution is -2.41. The number of thiocarbonyl (C=S) groups is 1. The van der Waals surface area contributed by atoms with E-state index in [1.54, 1.807) is 0 Å². The van der Waals surface area contributed by atoms with Gasteiger partial charge in [0.05, 0.1) is 29.7 Å². The molecule has 3 rings (SSSR count). The summed E-state index contributed by atoms with van der Waals surface area (Å²) in [5.41, 5.74) is 0. The Labute approximate surface area is 106 Å². The lowest BCUT2D eigenvalue weighted by molar-refractivity contribution is 0.0874. The molecule has 0 aromatic rings. The molecule has 0 radical (unpaired) electrons. The van der Waals surface area contributed by atoms with Gasteiger partial charge in [-0.2, -0.15) is 0 Å². The normalized spacial score (nSPS) is 39.4. The third kappa shape index (κ3) is 2.15. The highest BCUT2D eigenvalue weighted by Crippen LogP contribution is 2.26. The summed E-state index contributed by atoms with van der Waals surface area (Å²) in [6.45, 7) is 1.54. The minimum atomic E-state index is -2.90. The number of ether oxygens (including phenoxy) is 1. The highest BCUT2D eigenvalue weighted by Gasteiger charge is 2.47. The zero-order valence-corrected chi connectivity index (χ0v) is 11.1. The smallest absolute Gasteiger partial charge is 0.169 e. The van der Waals surface area contributed by atoms with Crippen molar-refractivity contribution in [1.82, 2.24) is 10.2 Å². The zero-order valence-electron chi connectivity index (χ0n) is 9.46. The van der Waals surface area contributed by atoms with E-state index in [1.165, 1.54) is 0 Å². The zero-order chi connectivity index (χ0) is 12.0. The summed E-state index contributed by atoms with van der Waals surface area (Å²) in [7, 11) is -2.90. The quantitative estimate of drug-likeness (QED) is 0.688. The summed E-state index contributed by atoms with van der Waals surface area (Å²) in [4.78, 5) is 2.01. The van der Waals surface area contributed by atoms with Crippen LogP contribution in [0.4, 0.5) is 0 Å². The molecule has 5 nitrogen and oxygen atoms in total. The summed E-state index contributed by atoms with van der Waals surface area (Å²) in [5.74, 6) is 0.428. The van der Waals surface area contributed by atoms with E-state index in [0.29, 0.717) is 5.11 Å². The van der Waals surface area contributed by atoms with E-state index in [4.69, 9.17) is 17.0 Å². The van der Waals surface area contributed by atoms with Gasteiger partial charge in [-0.25, -0.2) is 8.42 Å². The van der Waals surface area contributed by atoms with Gasteiger partial charge in [0.2, 0.25) is 0 Å². The van der Waals surface area contributed by atoms with Crippen LogP contribution in [0.2, 0.25) is 0 Å². The molecule has 0 aromatic carbocycles. The second kappa shape index (κ2) is 4.07. The number of rotatable bonds is 2. The molecule has 3 aliphatic heterocycles. The van der Waals surface area contributed by atoms with Crippen molar-refractivity contribution >= 4 is 27.2 Å². The highest BCUT2D eigenvalue weighted by atomic mass is 32.2. The molecule has 3 fully saturated rings. The molecule has 17 heavy (non-hydrogen) atoms. The number of sulfone groups is 1. The molecule has 0 saturated carbocycles. The summed E-state index contributed by atoms with van der Waals surface area (Å²) in [5, 5.41) is 3.80. The maximum atomic E-state index is 11.6. The molecule has 0 unspecified atom stereocenters. The van der Waals surface area contributed by atoms with Crippen LogP contribution < -0.4 is 5.32 Å². The number of nitrogens with one attached hydrogen (secondary N) is 1. The van der Waals surface area contributed by atoms with Crippen molar-refractivity contribution in [3.63, 3.8) is 0 Å². The Balaban J connectivity index is 1.72. The summed E-state index contributed by atoms with van der Waals surface area (Å²) in [6, 6.07) is -0.00870. The van der Waals surface area contributed by atoms with Gasteiger partial charge in [-0.15, -0.1) is 0 Å². The van der Waals surface area contributed by atoms with Gasteiger partial charge < -0.3 is 15.0 Å². The van der Waals surface area contributed by atoms with Gasteiger partial charge in [-0.05, 0) is 25.1 Å². The molecule has 3 atom stereocenters. The van der Waals surface area contributed by atoms with Gasteiger partial charge in [0.1, 0.15) is 0 Å². The van der Waals surface area contributed by atoms with Gasteiger partial charge in [0.25, 0.3) is 0 Å². The molecule has 0 aliphatic carbocycles. The van der Waals surface area contributed by atoms with Crippen LogP contribution in [0.3, 0.4) is 0 Å². The Kier molecular flexibility index (Phi) is 2.79. The fraction of sp³-hybridized carbons (Fsp3) is 0.900. The van der Waals surface area contributed by atoms with Gasteiger partial charge >= 0.3 is 0 Å². The van der Waals surface area contributed by atoms with Crippen molar-refractivity contribution in [3.8, 4) is 0 Å². The number of fused-ring (bicyclic) bond motifs is 1. The van der Waals surface area contributed by atoms with Crippen LogP contribution in [0.1, 0.15) is 12.8 Å². The largest absolute Gasteiger partial charge is 0.376 e. The number of hydrogen-bond acceptors (Lipinski definition) is 4. The van der Waals surface area contributed by atoms with E-state index < -0.39 is 9.84 Å². The molecule has 0 aromatic heterocycles. The lowest BCUT2D eigenvalue weighted by atomic mass is 10.1. The van der Waals surface area contributed by atoms with Crippen LogP contribution in [0.25, 0.3) is 0 Å². The molecular weight excluding hydrogens is 260 g/mol. The minimum absolute atomic E-state index is 0.0108. The molecule has 96 valence electrons. The summed E-state index contributed by atoms with van der Waals surface area (Å²) >= 11 is 5.27. The molecule has 0 spiro atoms. The Morgan fingerprint density at radius 1 is 1.47 bits per heavy atom. The number of nitrogens with zero attached hydrogens (tertiary/aromatic N) is 1. The van der Waals surface area contributed by atoms with Crippen LogP contribution in [0.5, 0.6) is 0 Å². The SMILES string of the molecule is O=S1(=O)C[C@@H]2[C@@H](C1)NC(=S)N2C[C@@H]1CCCO1. The van der Waals surface area contributed by atoms with Gasteiger partial charge in [0.15, 0.2) is 14.9 Å². The predicted octanol–water partition coefficient (Wildman–Crippen LogP) is -0.479. The van der Waals surface area contributed by atoms with Crippen LogP contribution >= 0.6 is 12.2 Å². The first kappa shape index (κ1) is 11.7. The Morgan fingerprint density at radius 2 is 2.29 bits per heavy atom. The first-order valence-electron chi connectivity index (χ1n) is 5.94. The Morgan fingerprint density at radius 3 is 3.00 bits per heavy atom. The second-order valence-corrected chi connectivity index (χ2v) is 7.53. The standard InChI is InChI=1S/C10H16N2O3S2/c13-17(14)5-8-9(6-17)12(10(16)11-8)4-7-2-1-3-15-7/h7-9H,1-6H2,(H,11,16)/t7-,8+,9+/m0/s1. The van der Waals surface area contributed by atoms with E-state index in [9.17, 15) is 8.42 Å². The monoisotopic (exact) mass is 276 g/mol. The molecule has 0 bridgehead atoms. The molecule has 3 aliphatic rings. The Bertz CT molecular complexity index is 431. The van der Waals surface area contributed by atoms with Crippen molar-refractivity contribution < 1.29 is 13.2 Å². The molecule has 1 N–H and O–H groups in total. The van der Waals surface area contributed by atoms with Crippen molar-refractivity contribution in [1.29, 1.82) is 0 Å². The molecule has 3 saturated heterocycles. The average Bonchev–Trinajstić information content (AvgIpc) is 2.87. The molecule has 7 heteroatoms. The lowest BCUT2D eigenvalue weighted by Gasteiger charge is -2.25. The topological polar surface area (TPSA) is 58.6 Å². The Hall–Kier alpha value is -0.400. The predicted molar refractivity (Wildman–Crippen MR) is 67.6 cm³/mol. The first-order chi connectivity index (χ1) is 8.05. The molecule has 3 heterocycles. The van der Waals surface area contributed by atoms with Crippen molar-refractivity contribution in [2.45, 2.75) is 31.0 Å². The maximum Gasteiger partial charge on any atom is 0.169 e. The van der Waals surface area contributed by atoms with Crippen LogP contribution in [-0.4, -0.2) is 61.3 Å². The number of hydrogen-bond donors (Lipinski definition) is 1. The fourth-order valence-corrected chi connectivity index (χ4v) is 5.17. The van der Waals surface area contributed by atoms with E-state index >= 15 is 0 Å². The fourth-order valence-electron chi connectivity index (χ4n) is 2.89. The average molecular weight is 276 g/mol. The third-order valence-electron chi connectivity index (χ3n) is 3.72. The van der Waals surface area contributed by atoms with Crippen LogP contribution in [-0.2, 0) is 14.6 Å². The highest BCUT2D eigenvalue weighted by molar-refractivity contribution is 7.91. The summed E-state index contributed by atoms with van der Waals surface area (Å²) in [6.07, 6.45) is 2.34.